The van der Waals surface area contributed by atoms with Crippen molar-refractivity contribution in [3.05, 3.63) is 58.1 Å². The zero-order chi connectivity index (χ0) is 28.8. The van der Waals surface area contributed by atoms with Gasteiger partial charge in [0.25, 0.3) is 11.6 Å². The van der Waals surface area contributed by atoms with Crippen LogP contribution in [0.25, 0.3) is 5.69 Å². The van der Waals surface area contributed by atoms with Crippen LogP contribution >= 0.6 is 11.8 Å². The van der Waals surface area contributed by atoms with Gasteiger partial charge < -0.3 is 9.80 Å². The van der Waals surface area contributed by atoms with Crippen LogP contribution in [0.1, 0.15) is 45.1 Å². The molecule has 2 saturated heterocycles. The summed E-state index contributed by atoms with van der Waals surface area (Å²) in [5.74, 6) is 0.973. The normalized spacial score (nSPS) is 16.8. The molecule has 0 atom stereocenters. The highest BCUT2D eigenvalue weighted by Gasteiger charge is 2.28. The Morgan fingerprint density at radius 1 is 1.05 bits per heavy atom. The average molecular weight is 578 g/mol. The van der Waals surface area contributed by atoms with Gasteiger partial charge in [0.05, 0.1) is 22.6 Å². The van der Waals surface area contributed by atoms with Crippen LogP contribution in [-0.2, 0) is 4.79 Å². The number of rotatable bonds is 9. The monoisotopic (exact) mass is 577 g/mol. The Kier molecular flexibility index (Phi) is 9.12. The Bertz CT molecular complexity index is 1380. The molecule has 3 aromatic rings. The van der Waals surface area contributed by atoms with Crippen molar-refractivity contribution in [3.63, 3.8) is 0 Å². The number of nitrogens with zero attached hydrogens (tertiary/aromatic N) is 8. The van der Waals surface area contributed by atoms with Crippen molar-refractivity contribution in [2.75, 3.05) is 41.7 Å². The van der Waals surface area contributed by atoms with Crippen molar-refractivity contribution in [2.45, 2.75) is 44.7 Å². The van der Waals surface area contributed by atoms with Crippen molar-refractivity contribution in [3.8, 4) is 5.69 Å². The lowest BCUT2D eigenvalue weighted by Gasteiger charge is -2.35. The Morgan fingerprint density at radius 2 is 1.68 bits per heavy atom. The number of benzene rings is 2. The van der Waals surface area contributed by atoms with E-state index in [1.165, 1.54) is 18.0 Å². The molecule has 3 heterocycles. The SMILES string of the molecule is CC1CCN(c2cc(N3CCC(C)CC3)c([N+](=O)[O-])cc2/C=N\NC(=O)CSc2nnnn2-c2ccccc2)CC1. The largest absolute Gasteiger partial charge is 0.371 e. The van der Waals surface area contributed by atoms with E-state index in [0.717, 1.165) is 63.2 Å². The minimum Gasteiger partial charge on any atom is -0.371 e. The highest BCUT2D eigenvalue weighted by atomic mass is 32.2. The van der Waals surface area contributed by atoms with Gasteiger partial charge in [0.15, 0.2) is 0 Å². The molecule has 216 valence electrons. The van der Waals surface area contributed by atoms with Crippen LogP contribution in [0, 0.1) is 22.0 Å². The van der Waals surface area contributed by atoms with Gasteiger partial charge in [-0.05, 0) is 66.1 Å². The molecule has 41 heavy (non-hydrogen) atoms. The number of carbonyl (C=O) groups excluding carboxylic acids is 1. The van der Waals surface area contributed by atoms with E-state index in [9.17, 15) is 14.9 Å². The molecule has 5 rings (SSSR count). The number of anilines is 2. The van der Waals surface area contributed by atoms with E-state index in [1.807, 2.05) is 36.4 Å². The Morgan fingerprint density at radius 3 is 2.32 bits per heavy atom. The zero-order valence-electron chi connectivity index (χ0n) is 23.3. The molecule has 2 fully saturated rings. The fraction of sp³-hybridized carbons (Fsp3) is 0.464. The third kappa shape index (κ3) is 7.02. The summed E-state index contributed by atoms with van der Waals surface area (Å²) in [5, 5.41) is 28.6. The molecule has 0 radical (unpaired) electrons. The van der Waals surface area contributed by atoms with Gasteiger partial charge in [0.2, 0.25) is 5.16 Å². The number of nitro benzene ring substituents is 1. The molecule has 0 aliphatic carbocycles. The second-order valence-corrected chi connectivity index (χ2v) is 11.7. The Hall–Kier alpha value is -4.00. The summed E-state index contributed by atoms with van der Waals surface area (Å²) in [7, 11) is 0. The maximum Gasteiger partial charge on any atom is 0.293 e. The molecule has 0 saturated carbocycles. The quantitative estimate of drug-likeness (QED) is 0.171. The molecule has 13 heteroatoms. The fourth-order valence-corrected chi connectivity index (χ4v) is 5.88. The summed E-state index contributed by atoms with van der Waals surface area (Å²) < 4.78 is 1.57. The van der Waals surface area contributed by atoms with E-state index in [2.05, 4.69) is 49.7 Å². The van der Waals surface area contributed by atoms with E-state index in [1.54, 1.807) is 10.7 Å². The fourth-order valence-electron chi connectivity index (χ4n) is 5.19. The van der Waals surface area contributed by atoms with Crippen LogP contribution in [-0.4, -0.2) is 69.2 Å². The summed E-state index contributed by atoms with van der Waals surface area (Å²) in [6.07, 6.45) is 5.65. The van der Waals surface area contributed by atoms with Gasteiger partial charge in [-0.2, -0.15) is 9.78 Å². The molecule has 2 aliphatic rings. The van der Waals surface area contributed by atoms with E-state index in [0.29, 0.717) is 28.2 Å². The van der Waals surface area contributed by atoms with Gasteiger partial charge in [-0.15, -0.1) is 5.10 Å². The van der Waals surface area contributed by atoms with E-state index >= 15 is 0 Å². The molecule has 1 amide bonds. The summed E-state index contributed by atoms with van der Waals surface area (Å²) >= 11 is 1.19. The molecular formula is C28H35N9O3S. The van der Waals surface area contributed by atoms with E-state index in [4.69, 9.17) is 0 Å². The molecule has 0 bridgehead atoms. The maximum atomic E-state index is 12.6. The number of piperidine rings is 2. The predicted octanol–water partition coefficient (Wildman–Crippen LogP) is 4.29. The number of hydrazone groups is 1. The van der Waals surface area contributed by atoms with Crippen molar-refractivity contribution >= 4 is 40.9 Å². The lowest BCUT2D eigenvalue weighted by atomic mass is 9.96. The smallest absolute Gasteiger partial charge is 0.293 e. The Labute approximate surface area is 243 Å². The number of hydrogen-bond donors (Lipinski definition) is 1. The molecule has 12 nitrogen and oxygen atoms in total. The number of nitro groups is 1. The Balaban J connectivity index is 1.32. The van der Waals surface area contributed by atoms with Gasteiger partial charge in [0, 0.05) is 43.5 Å². The lowest BCUT2D eigenvalue weighted by molar-refractivity contribution is -0.384. The second-order valence-electron chi connectivity index (χ2n) is 10.8. The standard InChI is InChI=1S/C28H35N9O3S/c1-20-8-12-34(13-9-20)24-17-25(35-14-10-21(2)11-15-35)26(37(39)40)16-22(24)18-29-30-27(38)19-41-28-31-32-33-36(28)23-6-4-3-5-7-23/h3-7,16-18,20-21H,8-15,19H2,1-2H3,(H,30,38)/b29-18-. The number of nitrogens with one attached hydrogen (secondary N) is 1. The van der Waals surface area contributed by atoms with Crippen LogP contribution in [0.5, 0.6) is 0 Å². The minimum atomic E-state index is -0.337. The molecule has 1 aromatic heterocycles. The first-order valence-corrected chi connectivity index (χ1v) is 15.0. The first kappa shape index (κ1) is 28.5. The average Bonchev–Trinajstić information content (AvgIpc) is 3.46. The maximum absolute atomic E-state index is 12.6. The molecule has 0 spiro atoms. The van der Waals surface area contributed by atoms with Gasteiger partial charge in [-0.1, -0.05) is 43.8 Å². The number of hydrogen-bond acceptors (Lipinski definition) is 10. The third-order valence-electron chi connectivity index (χ3n) is 7.74. The molecule has 0 unspecified atom stereocenters. The highest BCUT2D eigenvalue weighted by Crippen LogP contribution is 2.38. The zero-order valence-corrected chi connectivity index (χ0v) is 24.2. The van der Waals surface area contributed by atoms with Gasteiger partial charge in [-0.25, -0.2) is 5.43 Å². The van der Waals surface area contributed by atoms with Crippen molar-refractivity contribution in [1.82, 2.24) is 25.6 Å². The molecule has 1 N–H and O–H groups in total. The van der Waals surface area contributed by atoms with Crippen LogP contribution in [0.2, 0.25) is 0 Å². The molecular weight excluding hydrogens is 542 g/mol. The lowest BCUT2D eigenvalue weighted by Crippen LogP contribution is -2.35. The minimum absolute atomic E-state index is 0.0495. The number of amides is 1. The van der Waals surface area contributed by atoms with Crippen molar-refractivity contribution in [1.29, 1.82) is 0 Å². The van der Waals surface area contributed by atoms with Crippen molar-refractivity contribution in [2.24, 2.45) is 16.9 Å². The van der Waals surface area contributed by atoms with Crippen LogP contribution < -0.4 is 15.2 Å². The van der Waals surface area contributed by atoms with E-state index in [-0.39, 0.29) is 22.3 Å². The predicted molar refractivity (Wildman–Crippen MR) is 160 cm³/mol. The van der Waals surface area contributed by atoms with Crippen LogP contribution in [0.15, 0.2) is 52.7 Å². The van der Waals surface area contributed by atoms with Gasteiger partial charge in [-0.3, -0.25) is 14.9 Å². The van der Waals surface area contributed by atoms with Crippen LogP contribution in [0.4, 0.5) is 17.1 Å². The summed E-state index contributed by atoms with van der Waals surface area (Å²) in [4.78, 5) is 28.9. The summed E-state index contributed by atoms with van der Waals surface area (Å²) in [5.41, 5.74) is 5.59. The van der Waals surface area contributed by atoms with Gasteiger partial charge >= 0.3 is 0 Å². The summed E-state index contributed by atoms with van der Waals surface area (Å²) in [6, 6.07) is 13.0. The van der Waals surface area contributed by atoms with Crippen LogP contribution in [0.3, 0.4) is 0 Å². The first-order chi connectivity index (χ1) is 19.9. The number of aromatic nitrogens is 4. The number of tetrazole rings is 1. The molecule has 2 aromatic carbocycles. The summed E-state index contributed by atoms with van der Waals surface area (Å²) in [6.45, 7) is 7.82. The highest BCUT2D eigenvalue weighted by molar-refractivity contribution is 7.99. The topological polar surface area (TPSA) is 135 Å². The second kappa shape index (κ2) is 13.1. The first-order valence-electron chi connectivity index (χ1n) is 14.0. The number of carbonyl (C=O) groups is 1. The number of para-hydroxylation sites is 1. The van der Waals surface area contributed by atoms with Crippen molar-refractivity contribution < 1.29 is 9.72 Å². The van der Waals surface area contributed by atoms with Gasteiger partial charge in [0.1, 0.15) is 5.69 Å². The number of thioether (sulfide) groups is 1. The third-order valence-corrected chi connectivity index (χ3v) is 8.66. The molecule has 2 aliphatic heterocycles. The van der Waals surface area contributed by atoms with E-state index < -0.39 is 0 Å².